The Hall–Kier alpha value is -4.04. The number of aromatic carboxylic acids is 1. The largest absolute Gasteiger partial charge is 0.493 e. The first-order chi connectivity index (χ1) is 15.9. The summed E-state index contributed by atoms with van der Waals surface area (Å²) < 4.78 is 16.2. The van der Waals surface area contributed by atoms with Crippen LogP contribution in [0.25, 0.3) is 0 Å². The summed E-state index contributed by atoms with van der Waals surface area (Å²) in [6.07, 6.45) is 1.42. The molecule has 0 aromatic heterocycles. The molecule has 33 heavy (non-hydrogen) atoms. The molecule has 0 aliphatic heterocycles. The van der Waals surface area contributed by atoms with Crippen molar-refractivity contribution in [2.24, 2.45) is 5.10 Å². The molecule has 8 nitrogen and oxygen atoms in total. The topological polar surface area (TPSA) is 106 Å². The third kappa shape index (κ3) is 6.24. The second kappa shape index (κ2) is 11.0. The van der Waals surface area contributed by atoms with Gasteiger partial charge in [0, 0.05) is 16.1 Å². The van der Waals surface area contributed by atoms with Gasteiger partial charge in [0.25, 0.3) is 5.91 Å². The zero-order valence-electron chi connectivity index (χ0n) is 17.9. The van der Waals surface area contributed by atoms with Crippen LogP contribution in [0.4, 0.5) is 0 Å². The van der Waals surface area contributed by atoms with Crippen molar-refractivity contribution >= 4 is 29.7 Å². The molecular formula is C24H21ClN2O6. The normalized spacial score (nSPS) is 10.6. The lowest BCUT2D eigenvalue weighted by Gasteiger charge is -2.10. The van der Waals surface area contributed by atoms with Gasteiger partial charge in [0.15, 0.2) is 11.5 Å². The number of carboxylic acid groups (broad SMARTS) is 1. The van der Waals surface area contributed by atoms with Gasteiger partial charge < -0.3 is 19.3 Å². The van der Waals surface area contributed by atoms with Gasteiger partial charge >= 0.3 is 5.97 Å². The number of nitrogens with one attached hydrogen (secondary N) is 1. The lowest BCUT2D eigenvalue weighted by molar-refractivity contribution is 0.0696. The summed E-state index contributed by atoms with van der Waals surface area (Å²) in [4.78, 5) is 23.4. The fourth-order valence-corrected chi connectivity index (χ4v) is 3.04. The van der Waals surface area contributed by atoms with E-state index < -0.39 is 11.9 Å². The number of ether oxygens (including phenoxy) is 3. The minimum atomic E-state index is -0.992. The van der Waals surface area contributed by atoms with Crippen molar-refractivity contribution in [3.8, 4) is 17.2 Å². The minimum Gasteiger partial charge on any atom is -0.493 e. The van der Waals surface area contributed by atoms with E-state index in [1.165, 1.54) is 32.6 Å². The Morgan fingerprint density at radius 2 is 1.61 bits per heavy atom. The molecular weight excluding hydrogens is 448 g/mol. The molecule has 0 radical (unpaired) electrons. The SMILES string of the molecule is COc1ccc(C(=O)N/N=C/c2cc(Cl)ccc2OCc2ccc(C(=O)O)cc2)cc1OC. The van der Waals surface area contributed by atoms with Crippen LogP contribution in [-0.2, 0) is 6.61 Å². The zero-order valence-corrected chi connectivity index (χ0v) is 18.6. The van der Waals surface area contributed by atoms with Crippen LogP contribution < -0.4 is 19.6 Å². The van der Waals surface area contributed by atoms with Crippen molar-refractivity contribution in [1.29, 1.82) is 0 Å². The van der Waals surface area contributed by atoms with Gasteiger partial charge in [0.1, 0.15) is 12.4 Å². The molecule has 0 saturated carbocycles. The Morgan fingerprint density at radius 3 is 2.27 bits per heavy atom. The van der Waals surface area contributed by atoms with E-state index >= 15 is 0 Å². The molecule has 3 aromatic rings. The molecule has 0 saturated heterocycles. The van der Waals surface area contributed by atoms with Crippen LogP contribution in [0.5, 0.6) is 17.2 Å². The summed E-state index contributed by atoms with van der Waals surface area (Å²) in [5, 5.41) is 13.5. The molecule has 0 aliphatic carbocycles. The average Bonchev–Trinajstić information content (AvgIpc) is 2.83. The number of benzene rings is 3. The number of carbonyl (C=O) groups excluding carboxylic acids is 1. The van der Waals surface area contributed by atoms with Gasteiger partial charge in [0.05, 0.1) is 26.0 Å². The lowest BCUT2D eigenvalue weighted by atomic mass is 10.1. The summed E-state index contributed by atoms with van der Waals surface area (Å²) in [5.41, 5.74) is 4.34. The maximum atomic E-state index is 12.4. The van der Waals surface area contributed by atoms with Gasteiger partial charge in [-0.1, -0.05) is 23.7 Å². The maximum absolute atomic E-state index is 12.4. The van der Waals surface area contributed by atoms with E-state index in [9.17, 15) is 9.59 Å². The molecule has 170 valence electrons. The molecule has 3 aromatic carbocycles. The summed E-state index contributed by atoms with van der Waals surface area (Å²) in [6.45, 7) is 0.209. The molecule has 0 aliphatic rings. The molecule has 0 atom stereocenters. The Labute approximate surface area is 195 Å². The number of halogens is 1. The molecule has 0 spiro atoms. The smallest absolute Gasteiger partial charge is 0.335 e. The number of carboxylic acids is 1. The van der Waals surface area contributed by atoms with Crippen LogP contribution in [0.15, 0.2) is 65.8 Å². The highest BCUT2D eigenvalue weighted by atomic mass is 35.5. The zero-order chi connectivity index (χ0) is 23.8. The summed E-state index contributed by atoms with van der Waals surface area (Å²) in [6, 6.07) is 16.1. The Bertz CT molecular complexity index is 1180. The predicted octanol–water partition coefficient (Wildman–Crippen LogP) is 4.40. The Balaban J connectivity index is 1.68. The summed E-state index contributed by atoms with van der Waals surface area (Å²) in [7, 11) is 3.00. The second-order valence-electron chi connectivity index (χ2n) is 6.74. The quantitative estimate of drug-likeness (QED) is 0.356. The first kappa shape index (κ1) is 23.6. The molecule has 1 amide bonds. The van der Waals surface area contributed by atoms with Gasteiger partial charge in [-0.25, -0.2) is 10.2 Å². The van der Waals surface area contributed by atoms with Crippen LogP contribution in [0, 0.1) is 0 Å². The predicted molar refractivity (Wildman–Crippen MR) is 124 cm³/mol. The van der Waals surface area contributed by atoms with E-state index in [1.54, 1.807) is 48.5 Å². The van der Waals surface area contributed by atoms with Crippen molar-refractivity contribution in [2.45, 2.75) is 6.61 Å². The maximum Gasteiger partial charge on any atom is 0.335 e. The van der Waals surface area contributed by atoms with E-state index in [0.29, 0.717) is 33.4 Å². The van der Waals surface area contributed by atoms with Crippen molar-refractivity contribution in [3.63, 3.8) is 0 Å². The van der Waals surface area contributed by atoms with Crippen LogP contribution in [0.3, 0.4) is 0 Å². The van der Waals surface area contributed by atoms with Crippen LogP contribution in [-0.4, -0.2) is 37.4 Å². The lowest BCUT2D eigenvalue weighted by Crippen LogP contribution is -2.17. The second-order valence-corrected chi connectivity index (χ2v) is 7.18. The number of methoxy groups -OCH3 is 2. The highest BCUT2D eigenvalue weighted by Gasteiger charge is 2.10. The number of carbonyl (C=O) groups is 2. The van der Waals surface area contributed by atoms with Crippen molar-refractivity contribution < 1.29 is 28.9 Å². The third-order valence-electron chi connectivity index (χ3n) is 4.58. The first-order valence-corrected chi connectivity index (χ1v) is 10.1. The number of hydrazone groups is 1. The molecule has 0 heterocycles. The van der Waals surface area contributed by atoms with Crippen molar-refractivity contribution in [3.05, 3.63) is 87.9 Å². The fraction of sp³-hybridized carbons (Fsp3) is 0.125. The molecule has 0 bridgehead atoms. The summed E-state index contributed by atoms with van der Waals surface area (Å²) >= 11 is 6.09. The Kier molecular flexibility index (Phi) is 7.88. The molecule has 3 rings (SSSR count). The van der Waals surface area contributed by atoms with Crippen LogP contribution >= 0.6 is 11.6 Å². The Morgan fingerprint density at radius 1 is 0.939 bits per heavy atom. The fourth-order valence-electron chi connectivity index (χ4n) is 2.86. The third-order valence-corrected chi connectivity index (χ3v) is 4.82. The van der Waals surface area contributed by atoms with E-state index in [1.807, 2.05) is 0 Å². The highest BCUT2D eigenvalue weighted by molar-refractivity contribution is 6.30. The van der Waals surface area contributed by atoms with Gasteiger partial charge in [0.2, 0.25) is 0 Å². The number of hydrogen-bond donors (Lipinski definition) is 2. The molecule has 2 N–H and O–H groups in total. The number of amides is 1. The minimum absolute atomic E-state index is 0.197. The van der Waals surface area contributed by atoms with E-state index in [4.69, 9.17) is 30.9 Å². The number of hydrogen-bond acceptors (Lipinski definition) is 6. The molecule has 9 heteroatoms. The van der Waals surface area contributed by atoms with Crippen molar-refractivity contribution in [1.82, 2.24) is 5.43 Å². The van der Waals surface area contributed by atoms with Gasteiger partial charge in [-0.15, -0.1) is 0 Å². The summed E-state index contributed by atoms with van der Waals surface area (Å²) in [5.74, 6) is 0.00163. The first-order valence-electron chi connectivity index (χ1n) is 9.71. The standard InChI is InChI=1S/C24H21ClN2O6/c1-31-21-9-7-17(12-22(21)32-2)23(28)27-26-13-18-11-19(25)8-10-20(18)33-14-15-3-5-16(6-4-15)24(29)30/h3-13H,14H2,1-2H3,(H,27,28)(H,29,30)/b26-13+. The van der Waals surface area contributed by atoms with E-state index in [2.05, 4.69) is 10.5 Å². The van der Waals surface area contributed by atoms with E-state index in [0.717, 1.165) is 5.56 Å². The molecule has 0 unspecified atom stereocenters. The van der Waals surface area contributed by atoms with Gasteiger partial charge in [-0.2, -0.15) is 5.10 Å². The highest BCUT2D eigenvalue weighted by Crippen LogP contribution is 2.27. The van der Waals surface area contributed by atoms with E-state index in [-0.39, 0.29) is 12.2 Å². The molecule has 0 fully saturated rings. The van der Waals surface area contributed by atoms with Crippen LogP contribution in [0.1, 0.15) is 31.8 Å². The monoisotopic (exact) mass is 468 g/mol. The van der Waals surface area contributed by atoms with Gasteiger partial charge in [-0.05, 0) is 54.1 Å². The number of rotatable bonds is 9. The van der Waals surface area contributed by atoms with Crippen LogP contribution in [0.2, 0.25) is 5.02 Å². The van der Waals surface area contributed by atoms with Crippen molar-refractivity contribution in [2.75, 3.05) is 14.2 Å². The average molecular weight is 469 g/mol. The van der Waals surface area contributed by atoms with Gasteiger partial charge in [-0.3, -0.25) is 4.79 Å². The number of nitrogens with zero attached hydrogens (tertiary/aromatic N) is 1.